The Morgan fingerprint density at radius 2 is 1.74 bits per heavy atom. The molecule has 1 aliphatic heterocycles. The monoisotopic (exact) mass is 318 g/mol. The number of anilines is 1. The van der Waals surface area contributed by atoms with Gasteiger partial charge in [-0.2, -0.15) is 0 Å². The molecule has 2 rings (SSSR count). The first kappa shape index (κ1) is 17.6. The molecule has 1 amide bonds. The van der Waals surface area contributed by atoms with Gasteiger partial charge < -0.3 is 15.8 Å². The van der Waals surface area contributed by atoms with E-state index in [1.807, 2.05) is 20.8 Å². The Balaban J connectivity index is 2.08. The molecule has 23 heavy (non-hydrogen) atoms. The van der Waals surface area contributed by atoms with Crippen molar-refractivity contribution in [2.75, 3.05) is 25.1 Å². The summed E-state index contributed by atoms with van der Waals surface area (Å²) in [7, 11) is 0. The lowest BCUT2D eigenvalue weighted by Gasteiger charge is -2.34. The highest BCUT2D eigenvalue weighted by atomic mass is 16.5. The normalized spacial score (nSPS) is 17.6. The number of carbonyl (C=O) groups excluding carboxylic acids is 2. The first-order valence-corrected chi connectivity index (χ1v) is 8.03. The minimum atomic E-state index is -0.557. The van der Waals surface area contributed by atoms with E-state index in [4.69, 9.17) is 10.5 Å². The summed E-state index contributed by atoms with van der Waals surface area (Å²) in [6.07, 6.45) is 1.27. The van der Waals surface area contributed by atoms with E-state index in [2.05, 4.69) is 5.32 Å². The van der Waals surface area contributed by atoms with Crippen molar-refractivity contribution >= 4 is 17.4 Å². The van der Waals surface area contributed by atoms with E-state index in [0.717, 1.165) is 0 Å². The third-order valence-electron chi connectivity index (χ3n) is 4.41. The van der Waals surface area contributed by atoms with E-state index in [0.29, 0.717) is 43.9 Å². The maximum Gasteiger partial charge on any atom is 0.232 e. The van der Waals surface area contributed by atoms with Crippen LogP contribution in [0.2, 0.25) is 0 Å². The van der Waals surface area contributed by atoms with Gasteiger partial charge in [-0.1, -0.05) is 20.8 Å². The first-order valence-electron chi connectivity index (χ1n) is 8.03. The van der Waals surface area contributed by atoms with Crippen molar-refractivity contribution in [3.05, 3.63) is 29.8 Å². The van der Waals surface area contributed by atoms with Crippen LogP contribution in [0.25, 0.3) is 0 Å². The molecule has 1 aromatic rings. The molecule has 0 bridgehead atoms. The summed E-state index contributed by atoms with van der Waals surface area (Å²) in [5.74, 6) is 0.0106. The standard InChI is InChI=1S/C18H26N2O3/c1-17(2,3)15(21)13-4-6-14(7-5-13)20-16(22)18(12-19)8-10-23-11-9-18/h4-7H,8-12,19H2,1-3H3,(H,20,22). The highest BCUT2D eigenvalue weighted by Gasteiger charge is 2.38. The first-order chi connectivity index (χ1) is 10.8. The Bertz CT molecular complexity index is 567. The number of benzene rings is 1. The van der Waals surface area contributed by atoms with Crippen molar-refractivity contribution < 1.29 is 14.3 Å². The molecule has 3 N–H and O–H groups in total. The Morgan fingerprint density at radius 1 is 1.17 bits per heavy atom. The smallest absolute Gasteiger partial charge is 0.232 e. The number of nitrogens with one attached hydrogen (secondary N) is 1. The van der Waals surface area contributed by atoms with Gasteiger partial charge in [-0.05, 0) is 37.1 Å². The van der Waals surface area contributed by atoms with Crippen molar-refractivity contribution in [2.24, 2.45) is 16.6 Å². The Labute approximate surface area is 137 Å². The lowest BCUT2D eigenvalue weighted by Crippen LogP contribution is -2.46. The number of hydrogen-bond acceptors (Lipinski definition) is 4. The number of Topliss-reactive ketones (excluding diaryl/α,β-unsaturated/α-hetero) is 1. The van der Waals surface area contributed by atoms with Gasteiger partial charge in [0.15, 0.2) is 5.78 Å². The van der Waals surface area contributed by atoms with Crippen molar-refractivity contribution in [3.63, 3.8) is 0 Å². The van der Waals surface area contributed by atoms with E-state index in [9.17, 15) is 9.59 Å². The van der Waals surface area contributed by atoms with Gasteiger partial charge in [-0.3, -0.25) is 9.59 Å². The molecule has 1 fully saturated rings. The minimum absolute atomic E-state index is 0.0711. The van der Waals surface area contributed by atoms with Gasteiger partial charge in [-0.25, -0.2) is 0 Å². The lowest BCUT2D eigenvalue weighted by molar-refractivity contribution is -0.130. The molecule has 1 aliphatic rings. The summed E-state index contributed by atoms with van der Waals surface area (Å²) in [6.45, 7) is 7.10. The van der Waals surface area contributed by atoms with Crippen LogP contribution in [0, 0.1) is 10.8 Å². The number of carbonyl (C=O) groups is 2. The third kappa shape index (κ3) is 3.98. The summed E-state index contributed by atoms with van der Waals surface area (Å²) < 4.78 is 5.33. The van der Waals surface area contributed by atoms with Gasteiger partial charge >= 0.3 is 0 Å². The van der Waals surface area contributed by atoms with E-state index >= 15 is 0 Å². The zero-order valence-electron chi connectivity index (χ0n) is 14.1. The average Bonchev–Trinajstić information content (AvgIpc) is 2.54. The highest BCUT2D eigenvalue weighted by Crippen LogP contribution is 2.31. The quantitative estimate of drug-likeness (QED) is 0.836. The topological polar surface area (TPSA) is 81.4 Å². The summed E-state index contributed by atoms with van der Waals surface area (Å²) in [5.41, 5.74) is 6.19. The Morgan fingerprint density at radius 3 is 2.22 bits per heavy atom. The van der Waals surface area contributed by atoms with Crippen LogP contribution in [0.5, 0.6) is 0 Å². The number of rotatable bonds is 4. The van der Waals surface area contributed by atoms with Crippen LogP contribution in [0.15, 0.2) is 24.3 Å². The zero-order valence-corrected chi connectivity index (χ0v) is 14.1. The van der Waals surface area contributed by atoms with Crippen molar-refractivity contribution in [1.82, 2.24) is 0 Å². The number of ether oxygens (including phenoxy) is 1. The molecule has 126 valence electrons. The molecular formula is C18H26N2O3. The van der Waals surface area contributed by atoms with Gasteiger partial charge in [0.2, 0.25) is 5.91 Å². The fourth-order valence-electron chi connectivity index (χ4n) is 2.69. The summed E-state index contributed by atoms with van der Waals surface area (Å²) in [5, 5.41) is 2.92. The molecule has 0 unspecified atom stereocenters. The second-order valence-electron chi connectivity index (χ2n) is 7.21. The molecule has 0 saturated carbocycles. The maximum absolute atomic E-state index is 12.6. The molecule has 0 aromatic heterocycles. The molecule has 0 radical (unpaired) electrons. The molecule has 5 nitrogen and oxygen atoms in total. The van der Waals surface area contributed by atoms with Gasteiger partial charge in [0, 0.05) is 36.4 Å². The lowest BCUT2D eigenvalue weighted by atomic mass is 9.79. The minimum Gasteiger partial charge on any atom is -0.381 e. The van der Waals surface area contributed by atoms with Crippen LogP contribution in [-0.2, 0) is 9.53 Å². The number of ketones is 1. The highest BCUT2D eigenvalue weighted by molar-refractivity contribution is 6.01. The predicted octanol–water partition coefficient (Wildman–Crippen LogP) is 2.61. The van der Waals surface area contributed by atoms with E-state index in [1.165, 1.54) is 0 Å². The van der Waals surface area contributed by atoms with E-state index in [1.54, 1.807) is 24.3 Å². The van der Waals surface area contributed by atoms with Gasteiger partial charge in [-0.15, -0.1) is 0 Å². The largest absolute Gasteiger partial charge is 0.381 e. The number of amides is 1. The Hall–Kier alpha value is -1.72. The fraction of sp³-hybridized carbons (Fsp3) is 0.556. The average molecular weight is 318 g/mol. The number of nitrogens with two attached hydrogens (primary N) is 1. The third-order valence-corrected chi connectivity index (χ3v) is 4.41. The molecular weight excluding hydrogens is 292 g/mol. The number of hydrogen-bond donors (Lipinski definition) is 2. The summed E-state index contributed by atoms with van der Waals surface area (Å²) in [4.78, 5) is 24.8. The zero-order chi connectivity index (χ0) is 17.1. The van der Waals surface area contributed by atoms with Crippen LogP contribution in [0.3, 0.4) is 0 Å². The molecule has 0 aliphatic carbocycles. The molecule has 1 aromatic carbocycles. The molecule has 1 heterocycles. The fourth-order valence-corrected chi connectivity index (χ4v) is 2.69. The summed E-state index contributed by atoms with van der Waals surface area (Å²) in [6, 6.07) is 7.03. The van der Waals surface area contributed by atoms with Crippen molar-refractivity contribution in [2.45, 2.75) is 33.6 Å². The van der Waals surface area contributed by atoms with Gasteiger partial charge in [0.05, 0.1) is 5.41 Å². The van der Waals surface area contributed by atoms with Crippen LogP contribution in [-0.4, -0.2) is 31.4 Å². The molecule has 0 spiro atoms. The van der Waals surface area contributed by atoms with Crippen molar-refractivity contribution in [1.29, 1.82) is 0 Å². The van der Waals surface area contributed by atoms with E-state index in [-0.39, 0.29) is 11.7 Å². The summed E-state index contributed by atoms with van der Waals surface area (Å²) >= 11 is 0. The Kier molecular flexibility index (Phi) is 5.22. The van der Waals surface area contributed by atoms with Gasteiger partial charge in [0.1, 0.15) is 0 Å². The van der Waals surface area contributed by atoms with Crippen molar-refractivity contribution in [3.8, 4) is 0 Å². The molecule has 0 atom stereocenters. The molecule has 1 saturated heterocycles. The van der Waals surface area contributed by atoms with E-state index < -0.39 is 10.8 Å². The van der Waals surface area contributed by atoms with Crippen LogP contribution >= 0.6 is 0 Å². The van der Waals surface area contributed by atoms with Crippen LogP contribution in [0.4, 0.5) is 5.69 Å². The molecule has 5 heteroatoms. The second-order valence-corrected chi connectivity index (χ2v) is 7.21. The van der Waals surface area contributed by atoms with Gasteiger partial charge in [0.25, 0.3) is 0 Å². The SMILES string of the molecule is CC(C)(C)C(=O)c1ccc(NC(=O)C2(CN)CCOCC2)cc1. The van der Waals surface area contributed by atoms with Crippen LogP contribution in [0.1, 0.15) is 44.0 Å². The maximum atomic E-state index is 12.6. The van der Waals surface area contributed by atoms with Crippen LogP contribution < -0.4 is 11.1 Å². The second kappa shape index (κ2) is 6.81. The predicted molar refractivity (Wildman–Crippen MR) is 90.4 cm³/mol.